The first-order valence-electron chi connectivity index (χ1n) is 11.3. The van der Waals surface area contributed by atoms with Gasteiger partial charge in [0.2, 0.25) is 5.91 Å². The molecule has 2 bridgehead atoms. The molecule has 6 nitrogen and oxygen atoms in total. The number of aromatic nitrogens is 2. The van der Waals surface area contributed by atoms with Crippen LogP contribution in [0.1, 0.15) is 35.1 Å². The molecular formula is C26H31N3O3. The fourth-order valence-corrected chi connectivity index (χ4v) is 4.03. The molecule has 1 aliphatic heterocycles. The number of carbonyl (C=O) groups excluding carboxylic acids is 1. The summed E-state index contributed by atoms with van der Waals surface area (Å²) in [5.41, 5.74) is 4.74. The van der Waals surface area contributed by atoms with Crippen molar-refractivity contribution in [1.29, 1.82) is 0 Å². The summed E-state index contributed by atoms with van der Waals surface area (Å²) in [6.45, 7) is 5.49. The zero-order chi connectivity index (χ0) is 22.2. The van der Waals surface area contributed by atoms with Gasteiger partial charge in [-0.1, -0.05) is 42.0 Å². The van der Waals surface area contributed by atoms with Crippen molar-refractivity contribution in [3.63, 3.8) is 0 Å². The van der Waals surface area contributed by atoms with E-state index in [9.17, 15) is 4.79 Å². The molecule has 0 aliphatic carbocycles. The SMILES string of the molecule is Cc1ccc2c(c1)Cc1cccc(c1)CN(C(=O)CCCn1cccn1)CCOCCO2. The molecule has 1 amide bonds. The van der Waals surface area contributed by atoms with Gasteiger partial charge in [-0.05, 0) is 42.2 Å². The van der Waals surface area contributed by atoms with Crippen molar-refractivity contribution < 1.29 is 14.3 Å². The summed E-state index contributed by atoms with van der Waals surface area (Å²) in [5.74, 6) is 1.06. The summed E-state index contributed by atoms with van der Waals surface area (Å²) in [5, 5.41) is 4.21. The van der Waals surface area contributed by atoms with Crippen LogP contribution in [0.4, 0.5) is 0 Å². The Morgan fingerprint density at radius 3 is 2.84 bits per heavy atom. The number of aryl methyl sites for hydroxylation is 2. The molecule has 0 saturated carbocycles. The molecule has 2 heterocycles. The summed E-state index contributed by atoms with van der Waals surface area (Å²) in [6, 6.07) is 16.7. The average Bonchev–Trinajstić information content (AvgIpc) is 3.30. The van der Waals surface area contributed by atoms with Gasteiger partial charge < -0.3 is 14.4 Å². The Balaban J connectivity index is 1.48. The van der Waals surface area contributed by atoms with Crippen LogP contribution in [0, 0.1) is 6.92 Å². The highest BCUT2D eigenvalue weighted by atomic mass is 16.5. The number of amides is 1. The fourth-order valence-electron chi connectivity index (χ4n) is 4.03. The lowest BCUT2D eigenvalue weighted by Gasteiger charge is -2.24. The number of nitrogens with zero attached hydrogens (tertiary/aromatic N) is 3. The summed E-state index contributed by atoms with van der Waals surface area (Å²) in [4.78, 5) is 14.9. The van der Waals surface area contributed by atoms with Gasteiger partial charge in [0, 0.05) is 44.9 Å². The van der Waals surface area contributed by atoms with Crippen molar-refractivity contribution in [2.24, 2.45) is 0 Å². The van der Waals surface area contributed by atoms with Crippen LogP contribution in [0.3, 0.4) is 0 Å². The molecule has 1 aromatic heterocycles. The van der Waals surface area contributed by atoms with Crippen molar-refractivity contribution in [3.05, 3.63) is 83.2 Å². The summed E-state index contributed by atoms with van der Waals surface area (Å²) >= 11 is 0. The molecule has 0 atom stereocenters. The number of rotatable bonds is 4. The highest BCUT2D eigenvalue weighted by molar-refractivity contribution is 5.76. The summed E-state index contributed by atoms with van der Waals surface area (Å²) in [6.07, 6.45) is 5.74. The van der Waals surface area contributed by atoms with Gasteiger partial charge in [0.15, 0.2) is 0 Å². The summed E-state index contributed by atoms with van der Waals surface area (Å²) in [7, 11) is 0. The minimum atomic E-state index is 0.149. The molecule has 3 aromatic rings. The van der Waals surface area contributed by atoms with E-state index in [1.807, 2.05) is 27.9 Å². The highest BCUT2D eigenvalue weighted by Crippen LogP contribution is 2.24. The number of carbonyl (C=O) groups is 1. The first kappa shape index (κ1) is 22.1. The Morgan fingerprint density at radius 2 is 1.97 bits per heavy atom. The van der Waals surface area contributed by atoms with Gasteiger partial charge in [0.1, 0.15) is 12.4 Å². The van der Waals surface area contributed by atoms with Gasteiger partial charge in [0.05, 0.1) is 13.2 Å². The van der Waals surface area contributed by atoms with E-state index >= 15 is 0 Å². The molecule has 0 fully saturated rings. The van der Waals surface area contributed by atoms with Gasteiger partial charge >= 0.3 is 0 Å². The van der Waals surface area contributed by atoms with Crippen LogP contribution in [-0.4, -0.2) is 47.0 Å². The normalized spacial score (nSPS) is 14.8. The third-order valence-corrected chi connectivity index (χ3v) is 5.66. The largest absolute Gasteiger partial charge is 0.491 e. The highest BCUT2D eigenvalue weighted by Gasteiger charge is 2.15. The molecule has 4 rings (SSSR count). The molecule has 0 radical (unpaired) electrons. The van der Waals surface area contributed by atoms with E-state index in [1.165, 1.54) is 16.7 Å². The fraction of sp³-hybridized carbons (Fsp3) is 0.385. The van der Waals surface area contributed by atoms with Crippen LogP contribution >= 0.6 is 0 Å². The first-order chi connectivity index (χ1) is 15.7. The lowest BCUT2D eigenvalue weighted by molar-refractivity contribution is -0.132. The number of ether oxygens (including phenoxy) is 2. The molecule has 0 unspecified atom stereocenters. The third-order valence-electron chi connectivity index (χ3n) is 5.66. The van der Waals surface area contributed by atoms with Crippen molar-refractivity contribution in [2.75, 3.05) is 26.4 Å². The Hall–Kier alpha value is -3.12. The van der Waals surface area contributed by atoms with Crippen LogP contribution in [0.5, 0.6) is 5.75 Å². The van der Waals surface area contributed by atoms with Gasteiger partial charge in [-0.15, -0.1) is 0 Å². The van der Waals surface area contributed by atoms with Crippen LogP contribution in [0.2, 0.25) is 0 Å². The molecule has 6 heteroatoms. The number of hydrogen-bond acceptors (Lipinski definition) is 4. The Labute approximate surface area is 189 Å². The van der Waals surface area contributed by atoms with Crippen LogP contribution < -0.4 is 4.74 Å². The Morgan fingerprint density at radius 1 is 1.06 bits per heavy atom. The van der Waals surface area contributed by atoms with Crippen LogP contribution in [0.25, 0.3) is 0 Å². The Kier molecular flexibility index (Phi) is 7.56. The maximum Gasteiger partial charge on any atom is 0.223 e. The van der Waals surface area contributed by atoms with Crippen LogP contribution in [0.15, 0.2) is 60.9 Å². The molecule has 0 N–H and O–H groups in total. The lowest BCUT2D eigenvalue weighted by Crippen LogP contribution is -2.34. The second-order valence-corrected chi connectivity index (χ2v) is 8.26. The van der Waals surface area contributed by atoms with E-state index in [-0.39, 0.29) is 5.91 Å². The van der Waals surface area contributed by atoms with E-state index in [0.29, 0.717) is 39.3 Å². The number of benzene rings is 2. The maximum absolute atomic E-state index is 13.0. The van der Waals surface area contributed by atoms with Gasteiger partial charge in [-0.2, -0.15) is 5.10 Å². The van der Waals surface area contributed by atoms with Crippen LogP contribution in [-0.2, 0) is 29.0 Å². The minimum Gasteiger partial charge on any atom is -0.491 e. The maximum atomic E-state index is 13.0. The second kappa shape index (κ2) is 11.0. The number of hydrogen-bond donors (Lipinski definition) is 0. The average molecular weight is 434 g/mol. The molecule has 168 valence electrons. The van der Waals surface area contributed by atoms with E-state index in [4.69, 9.17) is 9.47 Å². The van der Waals surface area contributed by atoms with E-state index in [0.717, 1.165) is 30.7 Å². The van der Waals surface area contributed by atoms with Crippen molar-refractivity contribution in [3.8, 4) is 5.75 Å². The standard InChI is InChI=1S/C26H31N3O3/c1-21-8-9-25-24(17-21)19-22-5-2-6-23(18-22)20-28(13-14-31-15-16-32-25)26(30)7-3-11-29-12-4-10-27-29/h2,4-6,8-10,12,17-18H,3,7,11,13-16,19-20H2,1H3. The topological polar surface area (TPSA) is 56.6 Å². The van der Waals surface area contributed by atoms with Gasteiger partial charge in [0.25, 0.3) is 0 Å². The zero-order valence-electron chi connectivity index (χ0n) is 18.7. The zero-order valence-corrected chi connectivity index (χ0v) is 18.7. The van der Waals surface area contributed by atoms with Gasteiger partial charge in [-0.25, -0.2) is 0 Å². The molecule has 0 saturated heterocycles. The second-order valence-electron chi connectivity index (χ2n) is 8.26. The Bertz CT molecular complexity index is 1020. The third kappa shape index (κ3) is 6.20. The first-order valence-corrected chi connectivity index (χ1v) is 11.3. The van der Waals surface area contributed by atoms with Crippen molar-refractivity contribution >= 4 is 5.91 Å². The monoisotopic (exact) mass is 433 g/mol. The van der Waals surface area contributed by atoms with E-state index in [1.54, 1.807) is 6.20 Å². The molecule has 2 aromatic carbocycles. The quantitative estimate of drug-likeness (QED) is 0.624. The van der Waals surface area contributed by atoms with E-state index in [2.05, 4.69) is 48.4 Å². The van der Waals surface area contributed by atoms with Crippen molar-refractivity contribution in [1.82, 2.24) is 14.7 Å². The molecule has 32 heavy (non-hydrogen) atoms. The lowest BCUT2D eigenvalue weighted by atomic mass is 10.00. The minimum absolute atomic E-state index is 0.149. The predicted molar refractivity (Wildman–Crippen MR) is 124 cm³/mol. The van der Waals surface area contributed by atoms with Crippen molar-refractivity contribution in [2.45, 2.75) is 39.3 Å². The van der Waals surface area contributed by atoms with E-state index < -0.39 is 0 Å². The predicted octanol–water partition coefficient (Wildman–Crippen LogP) is 4.00. The molecular weight excluding hydrogens is 402 g/mol. The number of fused-ring (bicyclic) bond motifs is 3. The van der Waals surface area contributed by atoms with Gasteiger partial charge in [-0.3, -0.25) is 9.48 Å². The molecule has 1 aliphatic rings. The summed E-state index contributed by atoms with van der Waals surface area (Å²) < 4.78 is 13.7. The smallest absolute Gasteiger partial charge is 0.223 e. The molecule has 0 spiro atoms.